The molecule has 0 saturated carbocycles. The number of nitrogens with two attached hydrogens (primary N) is 1. The summed E-state index contributed by atoms with van der Waals surface area (Å²) in [5.74, 6) is 0. The number of nitrogen functional groups attached to an aromatic ring is 1. The summed E-state index contributed by atoms with van der Waals surface area (Å²) in [4.78, 5) is 0. The van der Waals surface area contributed by atoms with Crippen LogP contribution in [0.1, 0.15) is 23.6 Å². The van der Waals surface area contributed by atoms with Gasteiger partial charge in [-0.3, -0.25) is 0 Å². The van der Waals surface area contributed by atoms with Crippen molar-refractivity contribution in [1.29, 1.82) is 0 Å². The molecule has 132 valence electrons. The van der Waals surface area contributed by atoms with E-state index in [0.29, 0.717) is 0 Å². The second kappa shape index (κ2) is 6.77. The highest BCUT2D eigenvalue weighted by molar-refractivity contribution is 5.87. The van der Waals surface area contributed by atoms with Gasteiger partial charge >= 0.3 is 0 Å². The maximum absolute atomic E-state index is 6.23. The molecule has 0 aromatic heterocycles. The van der Waals surface area contributed by atoms with E-state index in [1.54, 1.807) is 0 Å². The fourth-order valence-corrected chi connectivity index (χ4v) is 4.24. The van der Waals surface area contributed by atoms with E-state index in [2.05, 4.69) is 85.5 Å². The fourth-order valence-electron chi connectivity index (χ4n) is 4.24. The minimum atomic E-state index is -0.444. The second-order valence-electron chi connectivity index (χ2n) is 6.88. The first-order valence-corrected chi connectivity index (χ1v) is 9.23. The van der Waals surface area contributed by atoms with Crippen molar-refractivity contribution in [3.63, 3.8) is 0 Å². The lowest BCUT2D eigenvalue weighted by molar-refractivity contribution is 0.770. The number of hydrogen-bond donors (Lipinski definition) is 1. The van der Waals surface area contributed by atoms with Crippen molar-refractivity contribution in [3.8, 4) is 11.1 Å². The molecule has 0 aliphatic heterocycles. The number of anilines is 1. The van der Waals surface area contributed by atoms with Gasteiger partial charge in [-0.2, -0.15) is 0 Å². The van der Waals surface area contributed by atoms with Gasteiger partial charge < -0.3 is 5.73 Å². The van der Waals surface area contributed by atoms with E-state index in [4.69, 9.17) is 5.73 Å². The maximum Gasteiger partial charge on any atom is 0.0708 e. The summed E-state index contributed by atoms with van der Waals surface area (Å²) < 4.78 is 0. The Bertz CT molecular complexity index is 1060. The van der Waals surface area contributed by atoms with Crippen LogP contribution in [0.15, 0.2) is 109 Å². The van der Waals surface area contributed by atoms with Crippen LogP contribution >= 0.6 is 0 Å². The summed E-state index contributed by atoms with van der Waals surface area (Å²) in [6.45, 7) is 6.54. The molecule has 1 aliphatic rings. The molecule has 0 saturated heterocycles. The molecule has 0 radical (unpaired) electrons. The minimum Gasteiger partial charge on any atom is -0.399 e. The van der Waals surface area contributed by atoms with Gasteiger partial charge in [0.15, 0.2) is 0 Å². The van der Waals surface area contributed by atoms with Crippen molar-refractivity contribution in [3.05, 3.63) is 126 Å². The van der Waals surface area contributed by atoms with Gasteiger partial charge in [0.25, 0.3) is 0 Å². The third-order valence-corrected chi connectivity index (χ3v) is 5.36. The van der Waals surface area contributed by atoms with Crippen LogP contribution in [0, 0.1) is 0 Å². The number of allylic oxidation sites excluding steroid dienone is 5. The van der Waals surface area contributed by atoms with E-state index < -0.39 is 5.41 Å². The van der Waals surface area contributed by atoms with Crippen LogP contribution in [0.25, 0.3) is 11.1 Å². The molecule has 3 aromatic carbocycles. The quantitative estimate of drug-likeness (QED) is 0.436. The Hall–Kier alpha value is -3.32. The van der Waals surface area contributed by atoms with E-state index in [-0.39, 0.29) is 0 Å². The summed E-state index contributed by atoms with van der Waals surface area (Å²) in [7, 11) is 0. The summed E-state index contributed by atoms with van der Waals surface area (Å²) >= 11 is 0. The zero-order valence-electron chi connectivity index (χ0n) is 15.5. The highest BCUT2D eigenvalue weighted by Gasteiger charge is 2.45. The Labute approximate surface area is 161 Å². The first-order chi connectivity index (χ1) is 13.2. The molecular weight excluding hydrogens is 326 g/mol. The highest BCUT2D eigenvalue weighted by atomic mass is 14.6. The van der Waals surface area contributed by atoms with Crippen molar-refractivity contribution < 1.29 is 0 Å². The predicted molar refractivity (Wildman–Crippen MR) is 116 cm³/mol. The molecule has 3 aromatic rings. The van der Waals surface area contributed by atoms with Crippen LogP contribution in [0.2, 0.25) is 0 Å². The Morgan fingerprint density at radius 1 is 0.852 bits per heavy atom. The second-order valence-corrected chi connectivity index (χ2v) is 6.88. The van der Waals surface area contributed by atoms with E-state index in [1.165, 1.54) is 27.8 Å². The first-order valence-electron chi connectivity index (χ1n) is 9.23. The third kappa shape index (κ3) is 2.55. The van der Waals surface area contributed by atoms with Gasteiger partial charge in [0.05, 0.1) is 5.41 Å². The Morgan fingerprint density at radius 2 is 1.56 bits per heavy atom. The SMILES string of the molecule is C=C(/C=C\C=C/C)C1(c2ccccc2)c2ccccc2-c2ccc(N)cc21. The van der Waals surface area contributed by atoms with Gasteiger partial charge in [0.2, 0.25) is 0 Å². The zero-order valence-corrected chi connectivity index (χ0v) is 15.5. The van der Waals surface area contributed by atoms with Crippen LogP contribution in [-0.2, 0) is 5.41 Å². The molecule has 0 heterocycles. The summed E-state index contributed by atoms with van der Waals surface area (Å²) in [5, 5.41) is 0. The molecule has 0 amide bonds. The van der Waals surface area contributed by atoms with Crippen molar-refractivity contribution in [2.75, 3.05) is 5.73 Å². The van der Waals surface area contributed by atoms with Crippen LogP contribution in [0.3, 0.4) is 0 Å². The van der Waals surface area contributed by atoms with Gasteiger partial charge in [-0.15, -0.1) is 0 Å². The summed E-state index contributed by atoms with van der Waals surface area (Å²) in [5.41, 5.74) is 13.7. The number of benzene rings is 3. The molecule has 2 N–H and O–H groups in total. The van der Waals surface area contributed by atoms with Crippen molar-refractivity contribution in [1.82, 2.24) is 0 Å². The minimum absolute atomic E-state index is 0.444. The molecule has 1 atom stereocenters. The average molecular weight is 349 g/mol. The molecule has 1 aliphatic carbocycles. The Morgan fingerprint density at radius 3 is 2.33 bits per heavy atom. The average Bonchev–Trinajstić information content (AvgIpc) is 2.99. The standard InChI is InChI=1S/C26H23N/c1-3-4-6-11-19(2)26(20-12-7-5-8-13-20)24-15-10-9-14-22(24)23-17-16-21(27)18-25(23)26/h3-18H,2,27H2,1H3/b4-3-,11-6-. The fraction of sp³-hybridized carbons (Fsp3) is 0.0769. The highest BCUT2D eigenvalue weighted by Crippen LogP contribution is 2.56. The topological polar surface area (TPSA) is 26.0 Å². The molecule has 0 spiro atoms. The Balaban J connectivity index is 2.10. The van der Waals surface area contributed by atoms with Crippen LogP contribution in [-0.4, -0.2) is 0 Å². The van der Waals surface area contributed by atoms with Gasteiger partial charge in [0.1, 0.15) is 0 Å². The third-order valence-electron chi connectivity index (χ3n) is 5.36. The summed E-state index contributed by atoms with van der Waals surface area (Å²) in [6, 6.07) is 25.4. The predicted octanol–water partition coefficient (Wildman–Crippen LogP) is 6.27. The molecule has 1 nitrogen and oxygen atoms in total. The molecule has 0 bridgehead atoms. The van der Waals surface area contributed by atoms with Gasteiger partial charge in [-0.05, 0) is 52.4 Å². The molecular formula is C26H23N. The van der Waals surface area contributed by atoms with E-state index in [0.717, 1.165) is 11.3 Å². The Kier molecular flexibility index (Phi) is 4.29. The lowest BCUT2D eigenvalue weighted by atomic mass is 9.67. The number of fused-ring (bicyclic) bond motifs is 3. The smallest absolute Gasteiger partial charge is 0.0708 e. The maximum atomic E-state index is 6.23. The van der Waals surface area contributed by atoms with Gasteiger partial charge in [0, 0.05) is 5.69 Å². The number of hydrogen-bond acceptors (Lipinski definition) is 1. The van der Waals surface area contributed by atoms with Crippen molar-refractivity contribution >= 4 is 5.69 Å². The van der Waals surface area contributed by atoms with Crippen LogP contribution < -0.4 is 5.73 Å². The van der Waals surface area contributed by atoms with E-state index >= 15 is 0 Å². The number of rotatable bonds is 4. The normalized spacial score (nSPS) is 18.0. The molecule has 1 unspecified atom stereocenters. The molecule has 1 heteroatoms. The first kappa shape index (κ1) is 17.1. The van der Waals surface area contributed by atoms with Crippen molar-refractivity contribution in [2.45, 2.75) is 12.3 Å². The van der Waals surface area contributed by atoms with Crippen LogP contribution in [0.4, 0.5) is 5.69 Å². The summed E-state index contributed by atoms with van der Waals surface area (Å²) in [6.07, 6.45) is 8.22. The van der Waals surface area contributed by atoms with Crippen LogP contribution in [0.5, 0.6) is 0 Å². The lowest BCUT2D eigenvalue weighted by Gasteiger charge is -2.34. The van der Waals surface area contributed by atoms with E-state index in [9.17, 15) is 0 Å². The van der Waals surface area contributed by atoms with Gasteiger partial charge in [-0.1, -0.05) is 91.5 Å². The van der Waals surface area contributed by atoms with Gasteiger partial charge in [-0.25, -0.2) is 0 Å². The molecule has 0 fully saturated rings. The largest absolute Gasteiger partial charge is 0.399 e. The monoisotopic (exact) mass is 349 g/mol. The van der Waals surface area contributed by atoms with E-state index in [1.807, 2.05) is 25.1 Å². The zero-order chi connectivity index (χ0) is 18.9. The molecule has 4 rings (SSSR count). The molecule has 27 heavy (non-hydrogen) atoms. The lowest BCUT2D eigenvalue weighted by Crippen LogP contribution is -2.28. The van der Waals surface area contributed by atoms with Crippen molar-refractivity contribution in [2.24, 2.45) is 0 Å².